The summed E-state index contributed by atoms with van der Waals surface area (Å²) in [7, 11) is -2.36. The molecule has 0 saturated carbocycles. The van der Waals surface area contributed by atoms with Crippen molar-refractivity contribution in [1.29, 1.82) is 5.26 Å². The third-order valence-electron chi connectivity index (χ3n) is 4.00. The first-order valence-corrected chi connectivity index (χ1v) is 10.2. The minimum absolute atomic E-state index is 0.0870. The van der Waals surface area contributed by atoms with E-state index < -0.39 is 34.5 Å². The maximum absolute atomic E-state index is 12.3. The molecule has 1 N–H and O–H groups in total. The van der Waals surface area contributed by atoms with Crippen molar-refractivity contribution in [2.75, 3.05) is 13.6 Å². The number of hydrogen-bond acceptors (Lipinski definition) is 6. The third-order valence-corrected chi connectivity index (χ3v) is 5.41. The third kappa shape index (κ3) is 6.41. The van der Waals surface area contributed by atoms with Gasteiger partial charge in [0.2, 0.25) is 10.0 Å². The van der Waals surface area contributed by atoms with Gasteiger partial charge in [0, 0.05) is 13.6 Å². The lowest BCUT2D eigenvalue weighted by atomic mass is 10.2. The molecule has 152 valence electrons. The van der Waals surface area contributed by atoms with Crippen LogP contribution in [0.15, 0.2) is 59.5 Å². The first-order valence-electron chi connectivity index (χ1n) is 8.71. The average Bonchev–Trinajstić information content (AvgIpc) is 2.72. The molecule has 0 spiro atoms. The highest BCUT2D eigenvalue weighted by Crippen LogP contribution is 2.10. The normalized spacial score (nSPS) is 11.9. The van der Waals surface area contributed by atoms with Gasteiger partial charge in [-0.1, -0.05) is 30.3 Å². The molecular formula is C20H21N3O5S. The number of nitrogens with zero attached hydrogens (tertiary/aromatic N) is 2. The molecule has 0 aromatic heterocycles. The van der Waals surface area contributed by atoms with Crippen LogP contribution in [0, 0.1) is 11.3 Å². The molecule has 0 aliphatic rings. The van der Waals surface area contributed by atoms with Gasteiger partial charge in [-0.05, 0) is 36.8 Å². The van der Waals surface area contributed by atoms with Crippen molar-refractivity contribution in [2.45, 2.75) is 24.5 Å². The van der Waals surface area contributed by atoms with Crippen LogP contribution in [0.25, 0.3) is 0 Å². The van der Waals surface area contributed by atoms with Crippen LogP contribution in [0.4, 0.5) is 0 Å². The molecule has 0 bridgehead atoms. The van der Waals surface area contributed by atoms with Crippen LogP contribution >= 0.6 is 0 Å². The Labute approximate surface area is 169 Å². The highest BCUT2D eigenvalue weighted by atomic mass is 32.2. The molecule has 0 radical (unpaired) electrons. The average molecular weight is 415 g/mol. The first kappa shape index (κ1) is 22.1. The van der Waals surface area contributed by atoms with Gasteiger partial charge in [0.05, 0.1) is 16.5 Å². The van der Waals surface area contributed by atoms with E-state index in [0.29, 0.717) is 12.1 Å². The zero-order valence-corrected chi connectivity index (χ0v) is 16.8. The lowest BCUT2D eigenvalue weighted by Crippen LogP contribution is -2.39. The maximum atomic E-state index is 12.3. The fourth-order valence-corrected chi connectivity index (χ4v) is 3.45. The van der Waals surface area contributed by atoms with E-state index in [0.717, 1.165) is 5.56 Å². The number of carbonyl (C=O) groups is 2. The maximum Gasteiger partial charge on any atom is 0.321 e. The van der Waals surface area contributed by atoms with E-state index in [2.05, 4.69) is 4.72 Å². The number of nitriles is 1. The van der Waals surface area contributed by atoms with Gasteiger partial charge in [-0.15, -0.1) is 0 Å². The summed E-state index contributed by atoms with van der Waals surface area (Å²) in [5, 5.41) is 8.75. The number of sulfonamides is 1. The van der Waals surface area contributed by atoms with E-state index in [1.165, 1.54) is 36.1 Å². The second kappa shape index (κ2) is 9.82. The monoisotopic (exact) mass is 415 g/mol. The Morgan fingerprint density at radius 2 is 1.76 bits per heavy atom. The van der Waals surface area contributed by atoms with E-state index in [1.54, 1.807) is 7.05 Å². The molecule has 29 heavy (non-hydrogen) atoms. The Morgan fingerprint density at radius 1 is 1.14 bits per heavy atom. The van der Waals surface area contributed by atoms with Crippen molar-refractivity contribution in [3.05, 3.63) is 65.7 Å². The molecule has 0 saturated heterocycles. The number of carbonyl (C=O) groups excluding carboxylic acids is 2. The zero-order valence-electron chi connectivity index (χ0n) is 16.0. The standard InChI is InChI=1S/C20H21N3O5S/c1-15(20(25)23(2)14-17-6-4-3-5-7-17)28-19(24)13-22-29(26,27)18-10-8-16(12-21)9-11-18/h3-11,15,22H,13-14H2,1-2H3/t15-/m1/s1. The highest BCUT2D eigenvalue weighted by Gasteiger charge is 2.23. The molecule has 0 heterocycles. The van der Waals surface area contributed by atoms with Gasteiger partial charge in [-0.2, -0.15) is 9.98 Å². The molecule has 0 aliphatic heterocycles. The van der Waals surface area contributed by atoms with Crippen molar-refractivity contribution in [3.63, 3.8) is 0 Å². The Kier molecular flexibility index (Phi) is 7.47. The van der Waals surface area contributed by atoms with Crippen molar-refractivity contribution >= 4 is 21.9 Å². The topological polar surface area (TPSA) is 117 Å². The second-order valence-corrected chi connectivity index (χ2v) is 8.04. The number of nitrogens with one attached hydrogen (secondary N) is 1. The minimum atomic E-state index is -3.95. The van der Waals surface area contributed by atoms with Gasteiger partial charge in [0.25, 0.3) is 5.91 Å². The van der Waals surface area contributed by atoms with E-state index >= 15 is 0 Å². The Balaban J connectivity index is 1.87. The second-order valence-electron chi connectivity index (χ2n) is 6.27. The van der Waals surface area contributed by atoms with Gasteiger partial charge in [-0.3, -0.25) is 9.59 Å². The quantitative estimate of drug-likeness (QED) is 0.652. The summed E-state index contributed by atoms with van der Waals surface area (Å²) in [4.78, 5) is 25.6. The zero-order chi connectivity index (χ0) is 21.4. The SMILES string of the molecule is C[C@@H](OC(=O)CNS(=O)(=O)c1ccc(C#N)cc1)C(=O)N(C)Cc1ccccc1. The lowest BCUT2D eigenvalue weighted by molar-refractivity contribution is -0.157. The van der Waals surface area contributed by atoms with Crippen molar-refractivity contribution in [2.24, 2.45) is 0 Å². The minimum Gasteiger partial charge on any atom is -0.452 e. The number of hydrogen-bond donors (Lipinski definition) is 1. The predicted molar refractivity (Wildman–Crippen MR) is 105 cm³/mol. The fourth-order valence-electron chi connectivity index (χ4n) is 2.48. The smallest absolute Gasteiger partial charge is 0.321 e. The molecule has 1 amide bonds. The van der Waals surface area contributed by atoms with Crippen molar-refractivity contribution in [3.8, 4) is 6.07 Å². The first-order chi connectivity index (χ1) is 13.7. The predicted octanol–water partition coefficient (Wildman–Crippen LogP) is 1.43. The Bertz CT molecular complexity index is 999. The van der Waals surface area contributed by atoms with Gasteiger partial charge in [-0.25, -0.2) is 8.42 Å². The van der Waals surface area contributed by atoms with Gasteiger partial charge < -0.3 is 9.64 Å². The summed E-state index contributed by atoms with van der Waals surface area (Å²) in [5.74, 6) is -1.28. The molecule has 2 aromatic carbocycles. The summed E-state index contributed by atoms with van der Waals surface area (Å²) in [6.07, 6.45) is -1.06. The van der Waals surface area contributed by atoms with Crippen LogP contribution in [0.3, 0.4) is 0 Å². The van der Waals surface area contributed by atoms with Gasteiger partial charge in [0.1, 0.15) is 6.54 Å². The Hall–Kier alpha value is -3.22. The summed E-state index contributed by atoms with van der Waals surface area (Å²) in [6, 6.07) is 16.5. The van der Waals surface area contributed by atoms with Crippen LogP contribution in [-0.4, -0.2) is 44.9 Å². The molecular weight excluding hydrogens is 394 g/mol. The van der Waals surface area contributed by atoms with E-state index in [9.17, 15) is 18.0 Å². The molecule has 2 aromatic rings. The molecule has 0 unspecified atom stereocenters. The van der Waals surface area contributed by atoms with Gasteiger partial charge >= 0.3 is 5.97 Å². The van der Waals surface area contributed by atoms with Gasteiger partial charge in [0.15, 0.2) is 6.10 Å². The van der Waals surface area contributed by atoms with E-state index in [4.69, 9.17) is 10.00 Å². The number of rotatable bonds is 8. The van der Waals surface area contributed by atoms with Crippen LogP contribution in [0.1, 0.15) is 18.1 Å². The molecule has 0 fully saturated rings. The number of esters is 1. The van der Waals surface area contributed by atoms with E-state index in [1.807, 2.05) is 36.4 Å². The summed E-state index contributed by atoms with van der Waals surface area (Å²) < 4.78 is 31.5. The summed E-state index contributed by atoms with van der Waals surface area (Å²) >= 11 is 0. The fraction of sp³-hybridized carbons (Fsp3) is 0.250. The van der Waals surface area contributed by atoms with Crippen LogP contribution in [-0.2, 0) is 30.9 Å². The number of ether oxygens (including phenoxy) is 1. The highest BCUT2D eigenvalue weighted by molar-refractivity contribution is 7.89. The molecule has 2 rings (SSSR count). The van der Waals surface area contributed by atoms with Crippen LogP contribution < -0.4 is 4.72 Å². The van der Waals surface area contributed by atoms with Crippen LogP contribution in [0.2, 0.25) is 0 Å². The van der Waals surface area contributed by atoms with E-state index in [-0.39, 0.29) is 4.90 Å². The molecule has 8 nitrogen and oxygen atoms in total. The molecule has 9 heteroatoms. The lowest BCUT2D eigenvalue weighted by Gasteiger charge is -2.21. The molecule has 1 atom stereocenters. The Morgan fingerprint density at radius 3 is 2.34 bits per heavy atom. The summed E-state index contributed by atoms with van der Waals surface area (Å²) in [5.41, 5.74) is 1.24. The van der Waals surface area contributed by atoms with Crippen molar-refractivity contribution in [1.82, 2.24) is 9.62 Å². The molecule has 0 aliphatic carbocycles. The van der Waals surface area contributed by atoms with Crippen LogP contribution in [0.5, 0.6) is 0 Å². The number of benzene rings is 2. The number of likely N-dealkylation sites (N-methyl/N-ethyl adjacent to an activating group) is 1. The largest absolute Gasteiger partial charge is 0.452 e. The van der Waals surface area contributed by atoms with Crippen molar-refractivity contribution < 1.29 is 22.7 Å². The number of amides is 1. The summed E-state index contributed by atoms with van der Waals surface area (Å²) in [6.45, 7) is 1.16.